The minimum absolute atomic E-state index is 0.737. The van der Waals surface area contributed by atoms with Crippen LogP contribution in [0.3, 0.4) is 0 Å². The molecule has 100 valence electrons. The van der Waals surface area contributed by atoms with Gasteiger partial charge in [0, 0.05) is 12.0 Å². The molecule has 0 heterocycles. The molecule has 0 aliphatic rings. The lowest BCUT2D eigenvalue weighted by Gasteiger charge is -1.93. The summed E-state index contributed by atoms with van der Waals surface area (Å²) in [7, 11) is 0. The Labute approximate surface area is 110 Å². The summed E-state index contributed by atoms with van der Waals surface area (Å²) < 4.78 is 0. The van der Waals surface area contributed by atoms with Crippen molar-refractivity contribution >= 4 is 12.6 Å². The van der Waals surface area contributed by atoms with E-state index in [1.807, 2.05) is 31.2 Å². The van der Waals surface area contributed by atoms with Gasteiger partial charge in [-0.2, -0.15) is 0 Å². The summed E-state index contributed by atoms with van der Waals surface area (Å²) >= 11 is 0. The van der Waals surface area contributed by atoms with Crippen molar-refractivity contribution in [3.05, 3.63) is 35.4 Å². The topological polar surface area (TPSA) is 34.1 Å². The molecular formula is C16H24O2. The zero-order valence-electron chi connectivity index (χ0n) is 11.5. The first-order valence-corrected chi connectivity index (χ1v) is 6.70. The van der Waals surface area contributed by atoms with Gasteiger partial charge >= 0.3 is 0 Å². The van der Waals surface area contributed by atoms with Crippen LogP contribution in [0.15, 0.2) is 24.3 Å². The van der Waals surface area contributed by atoms with Gasteiger partial charge in [0.25, 0.3) is 0 Å². The summed E-state index contributed by atoms with van der Waals surface area (Å²) in [4.78, 5) is 20.0. The lowest BCUT2D eigenvalue weighted by atomic mass is 10.1. The standard InChI is InChI=1S/C8H8O.C8H16O/c1-7-2-4-8(6-9)5-3-7;1-2-3-4-5-6-7-8-9/h2-6H,1H3;8H,2-7H2,1H3. The van der Waals surface area contributed by atoms with E-state index in [4.69, 9.17) is 0 Å². The van der Waals surface area contributed by atoms with Crippen molar-refractivity contribution in [3.8, 4) is 0 Å². The van der Waals surface area contributed by atoms with Gasteiger partial charge < -0.3 is 4.79 Å². The Bertz CT molecular complexity index is 314. The second kappa shape index (κ2) is 12.0. The molecule has 0 aromatic heterocycles. The second-order valence-electron chi connectivity index (χ2n) is 4.40. The molecular weight excluding hydrogens is 224 g/mol. The average molecular weight is 248 g/mol. The monoisotopic (exact) mass is 248 g/mol. The number of hydrogen-bond acceptors (Lipinski definition) is 2. The lowest BCUT2D eigenvalue weighted by molar-refractivity contribution is -0.107. The predicted molar refractivity (Wildman–Crippen MR) is 76.0 cm³/mol. The molecule has 1 aromatic carbocycles. The van der Waals surface area contributed by atoms with Crippen LogP contribution in [-0.2, 0) is 4.79 Å². The van der Waals surface area contributed by atoms with Crippen LogP contribution >= 0.6 is 0 Å². The van der Waals surface area contributed by atoms with Gasteiger partial charge in [-0.15, -0.1) is 0 Å². The highest BCUT2D eigenvalue weighted by atomic mass is 16.1. The van der Waals surface area contributed by atoms with Crippen LogP contribution < -0.4 is 0 Å². The SMILES string of the molecule is CCCCCCCC=O.Cc1ccc(C=O)cc1. The van der Waals surface area contributed by atoms with Crippen molar-refractivity contribution in [2.24, 2.45) is 0 Å². The first kappa shape index (κ1) is 16.6. The fraction of sp³-hybridized carbons (Fsp3) is 0.500. The molecule has 0 atom stereocenters. The zero-order valence-corrected chi connectivity index (χ0v) is 11.5. The smallest absolute Gasteiger partial charge is 0.150 e. The molecule has 0 aliphatic heterocycles. The van der Waals surface area contributed by atoms with E-state index in [1.165, 1.54) is 31.2 Å². The number of aryl methyl sites for hydroxylation is 1. The fourth-order valence-corrected chi connectivity index (χ4v) is 1.48. The van der Waals surface area contributed by atoms with Gasteiger partial charge in [0.05, 0.1) is 0 Å². The summed E-state index contributed by atoms with van der Waals surface area (Å²) in [6, 6.07) is 7.46. The zero-order chi connectivity index (χ0) is 13.6. The quantitative estimate of drug-likeness (QED) is 0.531. The van der Waals surface area contributed by atoms with Crippen molar-refractivity contribution in [2.45, 2.75) is 52.4 Å². The number of benzene rings is 1. The van der Waals surface area contributed by atoms with E-state index in [9.17, 15) is 9.59 Å². The van der Waals surface area contributed by atoms with E-state index in [0.717, 1.165) is 31.0 Å². The molecule has 0 aliphatic carbocycles. The molecule has 0 fully saturated rings. The van der Waals surface area contributed by atoms with Crippen LogP contribution in [0.1, 0.15) is 61.4 Å². The summed E-state index contributed by atoms with van der Waals surface area (Å²) in [6.45, 7) is 4.19. The van der Waals surface area contributed by atoms with Crippen LogP contribution in [0, 0.1) is 6.92 Å². The largest absolute Gasteiger partial charge is 0.303 e. The maximum atomic E-state index is 10.1. The molecule has 0 saturated carbocycles. The summed E-state index contributed by atoms with van der Waals surface area (Å²) in [5.41, 5.74) is 1.92. The average Bonchev–Trinajstić information content (AvgIpc) is 2.40. The van der Waals surface area contributed by atoms with Crippen molar-refractivity contribution in [1.29, 1.82) is 0 Å². The molecule has 2 nitrogen and oxygen atoms in total. The van der Waals surface area contributed by atoms with Crippen molar-refractivity contribution in [1.82, 2.24) is 0 Å². The molecule has 0 bridgehead atoms. The number of carbonyl (C=O) groups is 2. The van der Waals surface area contributed by atoms with E-state index >= 15 is 0 Å². The van der Waals surface area contributed by atoms with Gasteiger partial charge in [-0.3, -0.25) is 4.79 Å². The van der Waals surface area contributed by atoms with Crippen molar-refractivity contribution in [2.75, 3.05) is 0 Å². The third-order valence-electron chi connectivity index (χ3n) is 2.64. The Hall–Kier alpha value is -1.44. The Morgan fingerprint density at radius 2 is 1.56 bits per heavy atom. The van der Waals surface area contributed by atoms with Gasteiger partial charge in [-0.25, -0.2) is 0 Å². The highest BCUT2D eigenvalue weighted by molar-refractivity contribution is 5.74. The Kier molecular flexibility index (Phi) is 11.1. The predicted octanol–water partition coefficient (Wildman–Crippen LogP) is 4.35. The number of hydrogen-bond donors (Lipinski definition) is 0. The molecule has 0 unspecified atom stereocenters. The minimum atomic E-state index is 0.737. The fourth-order valence-electron chi connectivity index (χ4n) is 1.48. The Morgan fingerprint density at radius 1 is 0.944 bits per heavy atom. The summed E-state index contributed by atoms with van der Waals surface area (Å²) in [5, 5.41) is 0. The number of unbranched alkanes of at least 4 members (excludes halogenated alkanes) is 5. The molecule has 1 aromatic rings. The Balaban J connectivity index is 0.000000321. The van der Waals surface area contributed by atoms with Crippen molar-refractivity contribution < 1.29 is 9.59 Å². The Morgan fingerprint density at radius 3 is 2.06 bits per heavy atom. The van der Waals surface area contributed by atoms with Crippen LogP contribution in [0.5, 0.6) is 0 Å². The lowest BCUT2D eigenvalue weighted by Crippen LogP contribution is -1.78. The van der Waals surface area contributed by atoms with Gasteiger partial charge in [-0.05, 0) is 13.3 Å². The molecule has 0 amide bonds. The van der Waals surface area contributed by atoms with Crippen LogP contribution in [0.4, 0.5) is 0 Å². The van der Waals surface area contributed by atoms with E-state index in [0.29, 0.717) is 0 Å². The third kappa shape index (κ3) is 9.76. The number of rotatable bonds is 7. The van der Waals surface area contributed by atoms with Crippen LogP contribution in [0.2, 0.25) is 0 Å². The van der Waals surface area contributed by atoms with Gasteiger partial charge in [0.1, 0.15) is 12.6 Å². The van der Waals surface area contributed by atoms with Crippen LogP contribution in [-0.4, -0.2) is 12.6 Å². The second-order valence-corrected chi connectivity index (χ2v) is 4.40. The van der Waals surface area contributed by atoms with E-state index < -0.39 is 0 Å². The molecule has 0 N–H and O–H groups in total. The van der Waals surface area contributed by atoms with Crippen molar-refractivity contribution in [3.63, 3.8) is 0 Å². The molecule has 18 heavy (non-hydrogen) atoms. The minimum Gasteiger partial charge on any atom is -0.303 e. The molecule has 1 rings (SSSR count). The first-order chi connectivity index (χ1) is 8.74. The summed E-state index contributed by atoms with van der Waals surface area (Å²) in [6.07, 6.45) is 8.81. The van der Waals surface area contributed by atoms with Gasteiger partial charge in [-0.1, -0.05) is 62.4 Å². The van der Waals surface area contributed by atoms with E-state index in [-0.39, 0.29) is 0 Å². The molecule has 2 heteroatoms. The van der Waals surface area contributed by atoms with E-state index in [1.54, 1.807) is 0 Å². The van der Waals surface area contributed by atoms with E-state index in [2.05, 4.69) is 6.92 Å². The first-order valence-electron chi connectivity index (χ1n) is 6.70. The third-order valence-corrected chi connectivity index (χ3v) is 2.64. The summed E-state index contributed by atoms with van der Waals surface area (Å²) in [5.74, 6) is 0. The number of carbonyl (C=O) groups excluding carboxylic acids is 2. The van der Waals surface area contributed by atoms with Gasteiger partial charge in [0.2, 0.25) is 0 Å². The molecule has 0 radical (unpaired) electrons. The molecule has 0 saturated heterocycles. The molecule has 0 spiro atoms. The normalized spacial score (nSPS) is 9.22. The van der Waals surface area contributed by atoms with Crippen LogP contribution in [0.25, 0.3) is 0 Å². The maximum absolute atomic E-state index is 10.1. The maximum Gasteiger partial charge on any atom is 0.150 e. The highest BCUT2D eigenvalue weighted by Crippen LogP contribution is 2.03. The van der Waals surface area contributed by atoms with Gasteiger partial charge in [0.15, 0.2) is 0 Å². The number of aldehydes is 2. The highest BCUT2D eigenvalue weighted by Gasteiger charge is 1.86.